The van der Waals surface area contributed by atoms with Crippen molar-refractivity contribution in [2.45, 2.75) is 52.4 Å². The molecule has 0 N–H and O–H groups in total. The molecular weight excluding hydrogens is 246 g/mol. The number of hydrogen-bond donors (Lipinski definition) is 0. The Hall–Kier alpha value is -0.900. The van der Waals surface area contributed by atoms with E-state index < -0.39 is 0 Å². The third-order valence-electron chi connectivity index (χ3n) is 3.45. The Bertz CT molecular complexity index is 474. The minimum atomic E-state index is -0.210. The molecule has 1 aliphatic carbocycles. The summed E-state index contributed by atoms with van der Waals surface area (Å²) in [6.07, 6.45) is 2.46. The summed E-state index contributed by atoms with van der Waals surface area (Å²) in [4.78, 5) is 17.3. The van der Waals surface area contributed by atoms with Gasteiger partial charge in [0, 0.05) is 10.3 Å². The van der Waals surface area contributed by atoms with Crippen molar-refractivity contribution in [3.8, 4) is 0 Å². The molecule has 4 heteroatoms. The number of fused-ring (bicyclic) bond motifs is 1. The van der Waals surface area contributed by atoms with Crippen molar-refractivity contribution in [2.75, 3.05) is 7.11 Å². The molecule has 0 fully saturated rings. The molecular formula is C14H21NO2S. The van der Waals surface area contributed by atoms with Crippen LogP contribution in [0.15, 0.2) is 0 Å². The van der Waals surface area contributed by atoms with Crippen LogP contribution in [0.1, 0.15) is 49.7 Å². The molecule has 0 saturated heterocycles. The van der Waals surface area contributed by atoms with E-state index >= 15 is 0 Å². The number of carbonyl (C=O) groups excluding carboxylic acids is 1. The summed E-state index contributed by atoms with van der Waals surface area (Å²) in [5.74, 6) is -0.210. The second-order valence-electron chi connectivity index (χ2n) is 6.54. The Kier molecular flexibility index (Phi) is 3.26. The molecule has 3 nitrogen and oxygen atoms in total. The highest BCUT2D eigenvalue weighted by atomic mass is 32.1. The van der Waals surface area contributed by atoms with Gasteiger partial charge in [0.25, 0.3) is 0 Å². The van der Waals surface area contributed by atoms with Gasteiger partial charge in [-0.25, -0.2) is 4.98 Å². The normalized spacial score (nSPS) is 20.3. The van der Waals surface area contributed by atoms with E-state index in [1.807, 2.05) is 0 Å². The van der Waals surface area contributed by atoms with Gasteiger partial charge in [0.1, 0.15) is 5.01 Å². The largest absolute Gasteiger partial charge is 0.469 e. The monoisotopic (exact) mass is 267 g/mol. The molecule has 1 aromatic heterocycles. The maximum Gasteiger partial charge on any atom is 0.312 e. The van der Waals surface area contributed by atoms with Gasteiger partial charge in [-0.2, -0.15) is 0 Å². The predicted molar refractivity (Wildman–Crippen MR) is 73.0 cm³/mol. The first-order chi connectivity index (χ1) is 8.23. The molecule has 0 unspecified atom stereocenters. The van der Waals surface area contributed by atoms with Gasteiger partial charge in [-0.1, -0.05) is 27.7 Å². The molecule has 18 heavy (non-hydrogen) atoms. The zero-order valence-corrected chi connectivity index (χ0v) is 12.6. The average molecular weight is 267 g/mol. The van der Waals surface area contributed by atoms with Crippen LogP contribution in [0.5, 0.6) is 0 Å². The highest BCUT2D eigenvalue weighted by molar-refractivity contribution is 7.12. The Morgan fingerprint density at radius 1 is 1.39 bits per heavy atom. The summed E-state index contributed by atoms with van der Waals surface area (Å²) in [7, 11) is 1.42. The summed E-state index contributed by atoms with van der Waals surface area (Å²) >= 11 is 1.67. The number of nitrogens with zero attached hydrogens (tertiary/aromatic N) is 1. The topological polar surface area (TPSA) is 39.2 Å². The highest BCUT2D eigenvalue weighted by Crippen LogP contribution is 2.47. The summed E-state index contributed by atoms with van der Waals surface area (Å²) in [5.41, 5.74) is 1.62. The molecule has 0 aromatic carbocycles. The number of rotatable bonds is 2. The van der Waals surface area contributed by atoms with Crippen molar-refractivity contribution in [1.82, 2.24) is 4.98 Å². The van der Waals surface area contributed by atoms with E-state index in [9.17, 15) is 4.79 Å². The van der Waals surface area contributed by atoms with Crippen LogP contribution >= 0.6 is 11.3 Å². The van der Waals surface area contributed by atoms with Gasteiger partial charge >= 0.3 is 5.97 Å². The molecule has 100 valence electrons. The Balaban J connectivity index is 2.33. The van der Waals surface area contributed by atoms with Crippen LogP contribution in [0.25, 0.3) is 0 Å². The molecule has 2 rings (SSSR count). The first-order valence-electron chi connectivity index (χ1n) is 6.29. The summed E-state index contributed by atoms with van der Waals surface area (Å²) in [6.45, 7) is 9.12. The van der Waals surface area contributed by atoms with E-state index in [4.69, 9.17) is 4.74 Å². The fraction of sp³-hybridized carbons (Fsp3) is 0.714. The van der Waals surface area contributed by atoms with Crippen molar-refractivity contribution < 1.29 is 9.53 Å². The van der Waals surface area contributed by atoms with E-state index in [0.29, 0.717) is 6.42 Å². The summed E-state index contributed by atoms with van der Waals surface area (Å²) in [5, 5.41) is 0.887. The van der Waals surface area contributed by atoms with Gasteiger partial charge in [0.05, 0.1) is 19.2 Å². The van der Waals surface area contributed by atoms with Crippen LogP contribution < -0.4 is 0 Å². The molecule has 0 saturated carbocycles. The smallest absolute Gasteiger partial charge is 0.312 e. The second-order valence-corrected chi connectivity index (χ2v) is 7.62. The maximum absolute atomic E-state index is 11.3. The third kappa shape index (κ3) is 2.58. The summed E-state index contributed by atoms with van der Waals surface area (Å²) in [6, 6.07) is 0. The van der Waals surface area contributed by atoms with Gasteiger partial charge in [-0.15, -0.1) is 11.3 Å². The van der Waals surface area contributed by atoms with Gasteiger partial charge in [0.2, 0.25) is 0 Å². The lowest BCUT2D eigenvalue weighted by molar-refractivity contribution is -0.139. The molecule has 0 spiro atoms. The standard InChI is InChI=1S/C14H21NO2S/c1-13(2)7-9-12(14(3,4)8-13)18-10(15-9)6-11(16)17-5/h6-8H2,1-5H3. The lowest BCUT2D eigenvalue weighted by Crippen LogP contribution is -2.33. The average Bonchev–Trinajstić information content (AvgIpc) is 2.58. The quantitative estimate of drug-likeness (QED) is 0.773. The van der Waals surface area contributed by atoms with Crippen LogP contribution in [0.3, 0.4) is 0 Å². The number of aromatic nitrogens is 1. The first kappa shape index (κ1) is 13.5. The molecule has 0 amide bonds. The number of methoxy groups -OCH3 is 1. The third-order valence-corrected chi connectivity index (χ3v) is 4.91. The molecule has 1 heterocycles. The maximum atomic E-state index is 11.3. The fourth-order valence-corrected chi connectivity index (χ4v) is 4.28. The van der Waals surface area contributed by atoms with Crippen LogP contribution in [-0.2, 0) is 27.8 Å². The predicted octanol–water partition coefficient (Wildman–Crippen LogP) is 3.11. The number of ether oxygens (including phenoxy) is 1. The van der Waals surface area contributed by atoms with Crippen molar-refractivity contribution >= 4 is 17.3 Å². The van der Waals surface area contributed by atoms with E-state index in [1.165, 1.54) is 17.7 Å². The Morgan fingerprint density at radius 2 is 2.06 bits per heavy atom. The summed E-state index contributed by atoms with van der Waals surface area (Å²) < 4.78 is 4.71. The van der Waals surface area contributed by atoms with Crippen LogP contribution in [0.2, 0.25) is 0 Å². The number of hydrogen-bond acceptors (Lipinski definition) is 4. The minimum Gasteiger partial charge on any atom is -0.469 e. The molecule has 0 atom stereocenters. The van der Waals surface area contributed by atoms with Gasteiger partial charge in [-0.3, -0.25) is 4.79 Å². The van der Waals surface area contributed by atoms with Crippen LogP contribution in [0, 0.1) is 5.41 Å². The van der Waals surface area contributed by atoms with Gasteiger partial charge in [0.15, 0.2) is 0 Å². The Morgan fingerprint density at radius 3 is 2.67 bits per heavy atom. The van der Waals surface area contributed by atoms with Crippen LogP contribution in [0.4, 0.5) is 0 Å². The zero-order chi connectivity index (χ0) is 13.6. The lowest BCUT2D eigenvalue weighted by Gasteiger charge is -2.39. The molecule has 0 aliphatic heterocycles. The van der Waals surface area contributed by atoms with Crippen molar-refractivity contribution in [2.24, 2.45) is 5.41 Å². The molecule has 1 aromatic rings. The van der Waals surface area contributed by atoms with Crippen LogP contribution in [-0.4, -0.2) is 18.1 Å². The molecule has 0 bridgehead atoms. The SMILES string of the molecule is COC(=O)Cc1nc2c(s1)C(C)(C)CC(C)(C)C2. The van der Waals surface area contributed by atoms with E-state index in [-0.39, 0.29) is 16.8 Å². The zero-order valence-electron chi connectivity index (χ0n) is 11.8. The van der Waals surface area contributed by atoms with Crippen molar-refractivity contribution in [3.63, 3.8) is 0 Å². The minimum absolute atomic E-state index is 0.156. The number of carbonyl (C=O) groups is 1. The lowest BCUT2D eigenvalue weighted by atomic mass is 9.67. The van der Waals surface area contributed by atoms with Crippen molar-refractivity contribution in [1.29, 1.82) is 0 Å². The van der Waals surface area contributed by atoms with E-state index in [1.54, 1.807) is 11.3 Å². The van der Waals surface area contributed by atoms with Gasteiger partial charge < -0.3 is 4.74 Å². The number of thiazole rings is 1. The first-order valence-corrected chi connectivity index (χ1v) is 7.11. The highest BCUT2D eigenvalue weighted by Gasteiger charge is 2.39. The fourth-order valence-electron chi connectivity index (χ4n) is 3.11. The van der Waals surface area contributed by atoms with Crippen molar-refractivity contribution in [3.05, 3.63) is 15.6 Å². The second kappa shape index (κ2) is 4.34. The Labute approximate surface area is 113 Å². The van der Waals surface area contributed by atoms with E-state index in [0.717, 1.165) is 17.8 Å². The molecule has 0 radical (unpaired) electrons. The van der Waals surface area contributed by atoms with Gasteiger partial charge in [-0.05, 0) is 18.3 Å². The number of esters is 1. The molecule has 1 aliphatic rings. The van der Waals surface area contributed by atoms with E-state index in [2.05, 4.69) is 32.7 Å².